The van der Waals surface area contributed by atoms with Crippen molar-refractivity contribution in [2.24, 2.45) is 5.92 Å². The number of ether oxygens (including phenoxy) is 1. The number of esters is 1. The molecule has 1 amide bonds. The normalized spacial score (nSPS) is 12.4. The van der Waals surface area contributed by atoms with Crippen molar-refractivity contribution < 1.29 is 14.3 Å². The maximum Gasteiger partial charge on any atom is 0.310 e. The monoisotopic (exact) mass is 352 g/mol. The summed E-state index contributed by atoms with van der Waals surface area (Å²) in [5.74, 6) is -0.827. The van der Waals surface area contributed by atoms with Crippen molar-refractivity contribution in [2.45, 2.75) is 6.92 Å². The Hall–Kier alpha value is -1.85. The van der Waals surface area contributed by atoms with Gasteiger partial charge in [-0.25, -0.2) is 0 Å². The first kappa shape index (κ1) is 20.2. The second kappa shape index (κ2) is 10.1. The van der Waals surface area contributed by atoms with E-state index in [4.69, 9.17) is 16.3 Å². The van der Waals surface area contributed by atoms with Crippen LogP contribution in [0.15, 0.2) is 30.3 Å². The number of halogens is 1. The van der Waals surface area contributed by atoms with Gasteiger partial charge in [0.1, 0.15) is 0 Å². The maximum absolute atomic E-state index is 12.5. The van der Waals surface area contributed by atoms with Crippen molar-refractivity contribution in [1.29, 1.82) is 0 Å². The number of hydrogen-bond donors (Lipinski definition) is 0. The van der Waals surface area contributed by atoms with Crippen LogP contribution in [0.3, 0.4) is 0 Å². The summed E-state index contributed by atoms with van der Waals surface area (Å²) in [5.41, 5.74) is 0.890. The van der Waals surface area contributed by atoms with E-state index < -0.39 is 0 Å². The first-order valence-electron chi connectivity index (χ1n) is 7.78. The van der Waals surface area contributed by atoms with E-state index >= 15 is 0 Å². The van der Waals surface area contributed by atoms with Crippen LogP contribution >= 0.6 is 11.6 Å². The number of likely N-dealkylation sites (N-methyl/N-ethyl adjacent to an activating group) is 1. The van der Waals surface area contributed by atoms with Gasteiger partial charge in [-0.2, -0.15) is 0 Å². The lowest BCUT2D eigenvalue weighted by atomic mass is 10.1. The van der Waals surface area contributed by atoms with Gasteiger partial charge in [0, 0.05) is 30.7 Å². The Morgan fingerprint density at radius 1 is 1.21 bits per heavy atom. The Kier molecular flexibility index (Phi) is 8.50. The van der Waals surface area contributed by atoms with E-state index in [1.807, 2.05) is 31.1 Å². The minimum absolute atomic E-state index is 0.137. The third-order valence-corrected chi connectivity index (χ3v) is 3.77. The maximum atomic E-state index is 12.5. The summed E-state index contributed by atoms with van der Waals surface area (Å²) in [7, 11) is 5.23. The Balaban J connectivity index is 2.77. The zero-order valence-corrected chi connectivity index (χ0v) is 15.4. The zero-order chi connectivity index (χ0) is 18.1. The SMILES string of the molecule is COC(=O)C(C)CN(CCN(C)C)C(=O)/C=C/c1ccc(Cl)cc1. The number of carbonyl (C=O) groups excluding carboxylic acids is 2. The van der Waals surface area contributed by atoms with Gasteiger partial charge in [0.05, 0.1) is 13.0 Å². The van der Waals surface area contributed by atoms with Gasteiger partial charge in [0.25, 0.3) is 0 Å². The highest BCUT2D eigenvalue weighted by Gasteiger charge is 2.20. The van der Waals surface area contributed by atoms with Crippen LogP contribution in [0.1, 0.15) is 12.5 Å². The molecule has 0 aliphatic heterocycles. The molecule has 0 aromatic heterocycles. The average molecular weight is 353 g/mol. The molecule has 0 bridgehead atoms. The van der Waals surface area contributed by atoms with E-state index in [0.29, 0.717) is 24.7 Å². The third-order valence-electron chi connectivity index (χ3n) is 3.51. The molecule has 1 rings (SSSR count). The van der Waals surface area contributed by atoms with Crippen LogP contribution in [-0.4, -0.2) is 62.5 Å². The molecule has 24 heavy (non-hydrogen) atoms. The molecule has 0 spiro atoms. The lowest BCUT2D eigenvalue weighted by Gasteiger charge is -2.25. The molecule has 1 atom stereocenters. The standard InChI is InChI=1S/C18H25ClN2O3/c1-14(18(23)24-4)13-21(12-11-20(2)3)17(22)10-7-15-5-8-16(19)9-6-15/h5-10,14H,11-13H2,1-4H3/b10-7+. The number of hydrogen-bond acceptors (Lipinski definition) is 4. The predicted molar refractivity (Wildman–Crippen MR) is 96.8 cm³/mol. The summed E-state index contributed by atoms with van der Waals surface area (Å²) >= 11 is 5.85. The fourth-order valence-electron chi connectivity index (χ4n) is 2.07. The summed E-state index contributed by atoms with van der Waals surface area (Å²) in [5, 5.41) is 0.651. The van der Waals surface area contributed by atoms with Gasteiger partial charge in [-0.05, 0) is 37.9 Å². The van der Waals surface area contributed by atoms with Crippen LogP contribution in [0.25, 0.3) is 6.08 Å². The van der Waals surface area contributed by atoms with Crippen molar-refractivity contribution in [2.75, 3.05) is 40.8 Å². The summed E-state index contributed by atoms with van der Waals surface area (Å²) in [6.07, 6.45) is 3.26. The molecular weight excluding hydrogens is 328 g/mol. The lowest BCUT2D eigenvalue weighted by molar-refractivity contribution is -0.146. The number of rotatable bonds is 8. The predicted octanol–water partition coefficient (Wildman–Crippen LogP) is 2.55. The molecule has 0 heterocycles. The molecule has 0 aliphatic carbocycles. The van der Waals surface area contributed by atoms with Crippen molar-refractivity contribution in [3.8, 4) is 0 Å². The van der Waals surface area contributed by atoms with Gasteiger partial charge in [-0.3, -0.25) is 9.59 Å². The van der Waals surface area contributed by atoms with Crippen molar-refractivity contribution >= 4 is 29.6 Å². The number of amides is 1. The highest BCUT2D eigenvalue weighted by molar-refractivity contribution is 6.30. The molecule has 0 radical (unpaired) electrons. The van der Waals surface area contributed by atoms with E-state index in [0.717, 1.165) is 5.56 Å². The number of nitrogens with zero attached hydrogens (tertiary/aromatic N) is 2. The topological polar surface area (TPSA) is 49.9 Å². The van der Waals surface area contributed by atoms with Crippen LogP contribution in [0.2, 0.25) is 5.02 Å². The van der Waals surface area contributed by atoms with Crippen LogP contribution in [-0.2, 0) is 14.3 Å². The van der Waals surface area contributed by atoms with Gasteiger partial charge in [0.2, 0.25) is 5.91 Å². The Bertz CT molecular complexity index is 570. The van der Waals surface area contributed by atoms with Crippen molar-refractivity contribution in [3.63, 3.8) is 0 Å². The second-order valence-corrected chi connectivity index (χ2v) is 6.33. The Morgan fingerprint density at radius 2 is 1.83 bits per heavy atom. The second-order valence-electron chi connectivity index (χ2n) is 5.90. The molecule has 5 nitrogen and oxygen atoms in total. The van der Waals surface area contributed by atoms with Gasteiger partial charge in [-0.1, -0.05) is 30.7 Å². The molecule has 0 saturated carbocycles. The molecule has 0 saturated heterocycles. The highest BCUT2D eigenvalue weighted by Crippen LogP contribution is 2.11. The minimum atomic E-state index is -0.370. The van der Waals surface area contributed by atoms with E-state index in [2.05, 4.69) is 0 Å². The lowest BCUT2D eigenvalue weighted by Crippen LogP contribution is -2.40. The molecule has 6 heteroatoms. The number of carbonyl (C=O) groups is 2. The Morgan fingerprint density at radius 3 is 2.38 bits per heavy atom. The molecule has 132 valence electrons. The summed E-state index contributed by atoms with van der Waals surface area (Å²) in [4.78, 5) is 27.8. The van der Waals surface area contributed by atoms with Gasteiger partial charge in [0.15, 0.2) is 0 Å². The van der Waals surface area contributed by atoms with Crippen molar-refractivity contribution in [3.05, 3.63) is 40.9 Å². The molecule has 1 unspecified atom stereocenters. The largest absolute Gasteiger partial charge is 0.469 e. The fraction of sp³-hybridized carbons (Fsp3) is 0.444. The highest BCUT2D eigenvalue weighted by atomic mass is 35.5. The van der Waals surface area contributed by atoms with Crippen LogP contribution < -0.4 is 0 Å². The fourth-order valence-corrected chi connectivity index (χ4v) is 2.19. The molecule has 0 fully saturated rings. The van der Waals surface area contributed by atoms with Gasteiger partial charge in [-0.15, -0.1) is 0 Å². The quantitative estimate of drug-likeness (QED) is 0.533. The molecule has 0 N–H and O–H groups in total. The smallest absolute Gasteiger partial charge is 0.310 e. The number of methoxy groups -OCH3 is 1. The van der Waals surface area contributed by atoms with E-state index in [1.165, 1.54) is 13.2 Å². The summed E-state index contributed by atoms with van der Waals surface area (Å²) in [6, 6.07) is 7.23. The summed E-state index contributed by atoms with van der Waals surface area (Å²) in [6.45, 7) is 3.33. The average Bonchev–Trinajstić information content (AvgIpc) is 2.56. The summed E-state index contributed by atoms with van der Waals surface area (Å²) < 4.78 is 4.74. The molecule has 1 aromatic carbocycles. The first-order valence-corrected chi connectivity index (χ1v) is 8.16. The third kappa shape index (κ3) is 7.15. The zero-order valence-electron chi connectivity index (χ0n) is 14.7. The van der Waals surface area contributed by atoms with E-state index in [-0.39, 0.29) is 17.8 Å². The minimum Gasteiger partial charge on any atom is -0.469 e. The van der Waals surface area contributed by atoms with Crippen molar-refractivity contribution in [1.82, 2.24) is 9.80 Å². The molecular formula is C18H25ClN2O3. The van der Waals surface area contributed by atoms with E-state index in [1.54, 1.807) is 30.0 Å². The molecule has 0 aliphatic rings. The van der Waals surface area contributed by atoms with Gasteiger partial charge >= 0.3 is 5.97 Å². The van der Waals surface area contributed by atoms with Crippen LogP contribution in [0, 0.1) is 5.92 Å². The van der Waals surface area contributed by atoms with Gasteiger partial charge < -0.3 is 14.5 Å². The van der Waals surface area contributed by atoms with Crippen LogP contribution in [0.5, 0.6) is 0 Å². The van der Waals surface area contributed by atoms with E-state index in [9.17, 15) is 9.59 Å². The van der Waals surface area contributed by atoms with Crippen LogP contribution in [0.4, 0.5) is 0 Å². The first-order chi connectivity index (χ1) is 11.3. The number of benzene rings is 1. The Labute approximate surface area is 148 Å². The molecule has 1 aromatic rings.